The molecule has 0 aromatic heterocycles. The average Bonchev–Trinajstić information content (AvgIpc) is 3.60. The molecule has 0 bridgehead atoms. The van der Waals surface area contributed by atoms with E-state index in [1.807, 2.05) is 12.1 Å². The van der Waals surface area contributed by atoms with E-state index < -0.39 is 29.7 Å². The molecule has 9 nitrogen and oxygen atoms in total. The molecule has 9 heteroatoms. The summed E-state index contributed by atoms with van der Waals surface area (Å²) >= 11 is 0. The zero-order valence-corrected chi connectivity index (χ0v) is 24.2. The van der Waals surface area contributed by atoms with Gasteiger partial charge in [0.25, 0.3) is 11.8 Å². The Kier molecular flexibility index (Phi) is 8.67. The van der Waals surface area contributed by atoms with Gasteiger partial charge in [0.15, 0.2) is 0 Å². The lowest BCUT2D eigenvalue weighted by Crippen LogP contribution is -2.54. The van der Waals surface area contributed by atoms with Crippen LogP contribution < -0.4 is 10.1 Å². The highest BCUT2D eigenvalue weighted by Gasteiger charge is 2.46. The van der Waals surface area contributed by atoms with E-state index in [4.69, 9.17) is 4.74 Å². The van der Waals surface area contributed by atoms with Gasteiger partial charge in [-0.15, -0.1) is 0 Å². The molecular formula is C33H40N4O5. The van der Waals surface area contributed by atoms with Crippen LogP contribution in [0.3, 0.4) is 0 Å². The summed E-state index contributed by atoms with van der Waals surface area (Å²) in [6.07, 6.45) is 8.69. The number of nitrogens with zero attached hydrogens (tertiary/aromatic N) is 3. The van der Waals surface area contributed by atoms with E-state index >= 15 is 0 Å². The summed E-state index contributed by atoms with van der Waals surface area (Å²) < 4.78 is 6.03. The van der Waals surface area contributed by atoms with Crippen molar-refractivity contribution >= 4 is 23.6 Å². The number of ether oxygens (including phenoxy) is 1. The first-order chi connectivity index (χ1) is 20.5. The van der Waals surface area contributed by atoms with Crippen LogP contribution >= 0.6 is 0 Å². The molecule has 0 spiro atoms. The summed E-state index contributed by atoms with van der Waals surface area (Å²) in [5.74, 6) is -0.834. The number of piperidine rings is 1. The smallest absolute Gasteiger partial charge is 0.266 e. The number of amides is 4. The summed E-state index contributed by atoms with van der Waals surface area (Å²) in [4.78, 5) is 56.3. The quantitative estimate of drug-likeness (QED) is 0.433. The number of hydrogen-bond donors (Lipinski definition) is 1. The van der Waals surface area contributed by atoms with Gasteiger partial charge >= 0.3 is 0 Å². The summed E-state index contributed by atoms with van der Waals surface area (Å²) in [5, 5.41) is 2.22. The highest BCUT2D eigenvalue weighted by molar-refractivity contribution is 6.24. The molecule has 3 fully saturated rings. The van der Waals surface area contributed by atoms with E-state index in [1.54, 1.807) is 18.2 Å². The Hall–Kier alpha value is -3.56. The molecule has 1 N–H and O–H groups in total. The van der Waals surface area contributed by atoms with Crippen molar-refractivity contribution in [2.24, 2.45) is 5.92 Å². The largest absolute Gasteiger partial charge is 0.488 e. The molecule has 1 atom stereocenters. The van der Waals surface area contributed by atoms with Gasteiger partial charge in [0.05, 0.1) is 11.1 Å². The molecule has 222 valence electrons. The highest BCUT2D eigenvalue weighted by atomic mass is 16.5. The van der Waals surface area contributed by atoms with Crippen LogP contribution in [0, 0.1) is 5.92 Å². The molecule has 2 aromatic rings. The van der Waals surface area contributed by atoms with Crippen LogP contribution in [0.1, 0.15) is 83.2 Å². The minimum absolute atomic E-state index is 0.0831. The fourth-order valence-electron chi connectivity index (χ4n) is 6.84. The van der Waals surface area contributed by atoms with Gasteiger partial charge in [0.1, 0.15) is 18.4 Å². The minimum atomic E-state index is -1.000. The lowest BCUT2D eigenvalue weighted by Gasteiger charge is -2.35. The minimum Gasteiger partial charge on any atom is -0.488 e. The molecule has 1 aliphatic carbocycles. The molecule has 4 amide bonds. The van der Waals surface area contributed by atoms with Crippen molar-refractivity contribution in [2.75, 3.05) is 32.7 Å². The molecule has 0 radical (unpaired) electrons. The van der Waals surface area contributed by atoms with Crippen LogP contribution in [0.5, 0.6) is 5.75 Å². The number of carbonyl (C=O) groups is 4. The number of benzene rings is 2. The van der Waals surface area contributed by atoms with Gasteiger partial charge in [-0.3, -0.25) is 34.3 Å². The number of imide groups is 2. The first-order valence-corrected chi connectivity index (χ1v) is 15.5. The zero-order chi connectivity index (χ0) is 29.1. The van der Waals surface area contributed by atoms with Gasteiger partial charge in [0, 0.05) is 39.1 Å². The second-order valence-electron chi connectivity index (χ2n) is 12.1. The van der Waals surface area contributed by atoms with E-state index in [2.05, 4.69) is 27.2 Å². The maximum atomic E-state index is 13.3. The average molecular weight is 573 g/mol. The number of piperazine rings is 1. The molecule has 42 heavy (non-hydrogen) atoms. The van der Waals surface area contributed by atoms with Crippen LogP contribution in [-0.2, 0) is 22.7 Å². The van der Waals surface area contributed by atoms with Crippen molar-refractivity contribution in [1.82, 2.24) is 20.0 Å². The Labute approximate surface area is 247 Å². The number of carbonyl (C=O) groups excluding carboxylic acids is 4. The topological polar surface area (TPSA) is 99.3 Å². The monoisotopic (exact) mass is 572 g/mol. The second-order valence-corrected chi connectivity index (χ2v) is 12.1. The third-order valence-corrected chi connectivity index (χ3v) is 9.28. The third-order valence-electron chi connectivity index (χ3n) is 9.28. The van der Waals surface area contributed by atoms with Crippen LogP contribution in [0.15, 0.2) is 42.5 Å². The van der Waals surface area contributed by atoms with Crippen LogP contribution in [-0.4, -0.2) is 77.1 Å². The SMILES string of the molecule is O=C1CCC(N2C(=O)c3cccc(OCc4ccc(CN5CCN(CCCC6CCCC6)CC5)cc4)c3C2=O)C(=O)N1. The maximum Gasteiger partial charge on any atom is 0.266 e. The van der Waals surface area contributed by atoms with Crippen LogP contribution in [0.25, 0.3) is 0 Å². The van der Waals surface area contributed by atoms with Crippen molar-refractivity contribution in [3.05, 3.63) is 64.7 Å². The molecular weight excluding hydrogens is 532 g/mol. The fraction of sp³-hybridized carbons (Fsp3) is 0.515. The molecule has 1 saturated carbocycles. The van der Waals surface area contributed by atoms with E-state index in [1.165, 1.54) is 50.6 Å². The maximum absolute atomic E-state index is 13.3. The predicted molar refractivity (Wildman–Crippen MR) is 157 cm³/mol. The van der Waals surface area contributed by atoms with Crippen LogP contribution in [0.4, 0.5) is 0 Å². The molecule has 6 rings (SSSR count). The standard InChI is InChI=1S/C33H40N4O5/c38-29-15-14-27(31(39)34-29)37-32(40)26-8-3-9-28(30(26)33(37)41)42-22-25-12-10-24(11-13-25)21-36-19-17-35(18-20-36)16-4-7-23-5-1-2-6-23/h3,8-13,23,27H,1-2,4-7,14-22H2,(H,34,38,39). The Morgan fingerprint density at radius 2 is 1.52 bits per heavy atom. The van der Waals surface area contributed by atoms with Crippen LogP contribution in [0.2, 0.25) is 0 Å². The van der Waals surface area contributed by atoms with Gasteiger partial charge < -0.3 is 9.64 Å². The van der Waals surface area contributed by atoms with E-state index in [0.717, 1.165) is 49.1 Å². The molecule has 3 aliphatic heterocycles. The van der Waals surface area contributed by atoms with Crippen molar-refractivity contribution < 1.29 is 23.9 Å². The Balaban J connectivity index is 0.990. The third kappa shape index (κ3) is 6.27. The number of fused-ring (bicyclic) bond motifs is 1. The number of hydrogen-bond acceptors (Lipinski definition) is 7. The van der Waals surface area contributed by atoms with Gasteiger partial charge in [-0.25, -0.2) is 0 Å². The second kappa shape index (κ2) is 12.8. The molecule has 4 aliphatic rings. The first-order valence-electron chi connectivity index (χ1n) is 15.5. The van der Waals surface area contributed by atoms with Crippen molar-refractivity contribution in [3.8, 4) is 5.75 Å². The predicted octanol–water partition coefficient (Wildman–Crippen LogP) is 3.75. The molecule has 3 heterocycles. The molecule has 2 aromatic carbocycles. The summed E-state index contributed by atoms with van der Waals surface area (Å²) in [6, 6.07) is 12.2. The van der Waals surface area contributed by atoms with Gasteiger partial charge in [-0.1, -0.05) is 56.0 Å². The van der Waals surface area contributed by atoms with Gasteiger partial charge in [-0.05, 0) is 55.0 Å². The number of nitrogens with one attached hydrogen (secondary N) is 1. The van der Waals surface area contributed by atoms with Crippen molar-refractivity contribution in [3.63, 3.8) is 0 Å². The normalized spacial score (nSPS) is 22.1. The van der Waals surface area contributed by atoms with E-state index in [9.17, 15) is 19.2 Å². The highest BCUT2D eigenvalue weighted by Crippen LogP contribution is 2.34. The van der Waals surface area contributed by atoms with Gasteiger partial charge in [0.2, 0.25) is 11.8 Å². The summed E-state index contributed by atoms with van der Waals surface area (Å²) in [5.41, 5.74) is 2.60. The number of rotatable bonds is 10. The zero-order valence-electron chi connectivity index (χ0n) is 24.2. The first kappa shape index (κ1) is 28.6. The Morgan fingerprint density at radius 1 is 0.810 bits per heavy atom. The van der Waals surface area contributed by atoms with E-state index in [-0.39, 0.29) is 30.6 Å². The molecule has 2 saturated heterocycles. The van der Waals surface area contributed by atoms with Crippen molar-refractivity contribution in [1.29, 1.82) is 0 Å². The Morgan fingerprint density at radius 3 is 2.26 bits per heavy atom. The van der Waals surface area contributed by atoms with Gasteiger partial charge in [-0.2, -0.15) is 0 Å². The lowest BCUT2D eigenvalue weighted by molar-refractivity contribution is -0.136. The lowest BCUT2D eigenvalue weighted by atomic mass is 10.0. The van der Waals surface area contributed by atoms with E-state index in [0.29, 0.717) is 5.75 Å². The summed E-state index contributed by atoms with van der Waals surface area (Å²) in [7, 11) is 0. The van der Waals surface area contributed by atoms with Crippen molar-refractivity contribution in [2.45, 2.75) is 70.6 Å². The fourth-order valence-corrected chi connectivity index (χ4v) is 6.84. The summed E-state index contributed by atoms with van der Waals surface area (Å²) in [6.45, 7) is 6.87. The Bertz CT molecular complexity index is 1330. The molecule has 1 unspecified atom stereocenters.